The molecule has 0 radical (unpaired) electrons. The second-order valence-corrected chi connectivity index (χ2v) is 1.74. The normalized spacial score (nSPS) is 7.55. The molecule has 0 heterocycles. The van der Waals surface area contributed by atoms with Gasteiger partial charge in [0.25, 0.3) is 7.82 Å². The van der Waals surface area contributed by atoms with Crippen LogP contribution >= 0.6 is 7.82 Å². The van der Waals surface area contributed by atoms with Crippen LogP contribution in [-0.2, 0) is 4.57 Å². The van der Waals surface area contributed by atoms with E-state index in [1.165, 1.54) is 0 Å². The van der Waals surface area contributed by atoms with E-state index in [1.54, 1.807) is 0 Å². The topological polar surface area (TPSA) is 141 Å². The van der Waals surface area contributed by atoms with Crippen molar-refractivity contribution < 1.29 is 72.0 Å². The van der Waals surface area contributed by atoms with E-state index in [2.05, 4.69) is 0 Å². The van der Waals surface area contributed by atoms with Crippen molar-refractivity contribution >= 4 is 14.0 Å². The van der Waals surface area contributed by atoms with Crippen LogP contribution in [0.4, 0.5) is 4.79 Å². The summed E-state index contributed by atoms with van der Waals surface area (Å²) in [4.78, 5) is 31.4. The van der Waals surface area contributed by atoms with Gasteiger partial charge in [0.2, 0.25) is 6.16 Å². The standard InChI is InChI=1S/CH2O3.2Li.H3O4P/c2-1(3)4;;;1-5(2,3)4/h(H2,2,3,4);;;(H3,1,2,3,4)/q;2*+1;/p-2. The van der Waals surface area contributed by atoms with Crippen molar-refractivity contribution in [2.24, 2.45) is 0 Å². The molecule has 10 heteroatoms. The molecule has 0 aromatic carbocycles. The van der Waals surface area contributed by atoms with E-state index >= 15 is 0 Å². The maximum absolute atomic E-state index is 8.77. The summed E-state index contributed by atoms with van der Waals surface area (Å²) in [6, 6.07) is 0. The zero-order valence-electron chi connectivity index (χ0n) is 5.92. The van der Waals surface area contributed by atoms with Crippen LogP contribution in [0.5, 0.6) is 0 Å². The van der Waals surface area contributed by atoms with E-state index in [1.807, 2.05) is 0 Å². The third-order valence-corrected chi connectivity index (χ3v) is 0. The maximum atomic E-state index is 8.77. The minimum Gasteiger partial charge on any atom is -0.756 e. The molecule has 11 heavy (non-hydrogen) atoms. The molecule has 0 atom stereocenters. The first kappa shape index (κ1) is 22.6. The van der Waals surface area contributed by atoms with Crippen molar-refractivity contribution in [1.82, 2.24) is 0 Å². The fourth-order valence-electron chi connectivity index (χ4n) is 0. The van der Waals surface area contributed by atoms with Crippen molar-refractivity contribution in [3.63, 3.8) is 0 Å². The summed E-state index contributed by atoms with van der Waals surface area (Å²) in [5, 5.41) is 15.3. The Morgan fingerprint density at radius 2 is 1.27 bits per heavy atom. The van der Waals surface area contributed by atoms with Gasteiger partial charge < -0.3 is 29.7 Å². The van der Waals surface area contributed by atoms with Crippen LogP contribution in [0, 0.1) is 0 Å². The van der Waals surface area contributed by atoms with Gasteiger partial charge in [-0.3, -0.25) is 4.57 Å². The molecule has 0 aliphatic heterocycles. The first-order valence-electron chi connectivity index (χ1n) is 1.40. The number of carbonyl (C=O) groups is 1. The molecular formula is CH3Li2O7P. The van der Waals surface area contributed by atoms with Gasteiger partial charge in [0.1, 0.15) is 0 Å². The molecule has 3 N–H and O–H groups in total. The van der Waals surface area contributed by atoms with Crippen LogP contribution in [0.3, 0.4) is 0 Å². The molecule has 0 aliphatic carbocycles. The smallest absolute Gasteiger partial charge is 0.756 e. The Morgan fingerprint density at radius 1 is 1.27 bits per heavy atom. The molecular weight excluding hydrogens is 169 g/mol. The van der Waals surface area contributed by atoms with Gasteiger partial charge >= 0.3 is 37.7 Å². The molecule has 0 amide bonds. The summed E-state index contributed by atoms with van der Waals surface area (Å²) in [5.74, 6) is 0. The fourth-order valence-corrected chi connectivity index (χ4v) is 0. The number of carboxylic acid groups (broad SMARTS) is 2. The molecule has 7 nitrogen and oxygen atoms in total. The van der Waals surface area contributed by atoms with Crippen LogP contribution in [0.1, 0.15) is 0 Å². The van der Waals surface area contributed by atoms with Crippen molar-refractivity contribution in [2.75, 3.05) is 0 Å². The van der Waals surface area contributed by atoms with E-state index in [-0.39, 0.29) is 37.7 Å². The van der Waals surface area contributed by atoms with Gasteiger partial charge in [-0.25, -0.2) is 0 Å². The maximum Gasteiger partial charge on any atom is 1.00 e. The van der Waals surface area contributed by atoms with Crippen LogP contribution in [-0.4, -0.2) is 21.0 Å². The zero-order valence-corrected chi connectivity index (χ0v) is 6.82. The van der Waals surface area contributed by atoms with Crippen LogP contribution < -0.4 is 47.7 Å². The molecule has 0 unspecified atom stereocenters. The van der Waals surface area contributed by atoms with Crippen molar-refractivity contribution in [1.29, 1.82) is 0 Å². The largest absolute Gasteiger partial charge is 1.00 e. The summed E-state index contributed by atoms with van der Waals surface area (Å²) in [5.41, 5.74) is 0. The van der Waals surface area contributed by atoms with Crippen LogP contribution in [0.25, 0.3) is 0 Å². The Bertz CT molecular complexity index is 116. The molecule has 56 valence electrons. The minimum absolute atomic E-state index is 0. The molecule has 0 bridgehead atoms. The molecule has 0 rings (SSSR count). The quantitative estimate of drug-likeness (QED) is 0.243. The van der Waals surface area contributed by atoms with E-state index < -0.39 is 14.0 Å². The summed E-state index contributed by atoms with van der Waals surface area (Å²) >= 11 is 0. The summed E-state index contributed by atoms with van der Waals surface area (Å²) in [6.45, 7) is 0. The first-order chi connectivity index (χ1) is 3.73. The molecule has 0 saturated heterocycles. The summed E-state index contributed by atoms with van der Waals surface area (Å²) < 4.78 is 8.77. The molecule has 0 spiro atoms. The average molecular weight is 172 g/mol. The number of phosphoric acid groups is 1. The predicted molar refractivity (Wildman–Crippen MR) is 20.1 cm³/mol. The van der Waals surface area contributed by atoms with Crippen molar-refractivity contribution in [2.45, 2.75) is 0 Å². The third-order valence-electron chi connectivity index (χ3n) is 0. The second kappa shape index (κ2) is 10.6. The van der Waals surface area contributed by atoms with Gasteiger partial charge in [-0.1, -0.05) is 0 Å². The van der Waals surface area contributed by atoms with E-state index in [9.17, 15) is 0 Å². The first-order valence-corrected chi connectivity index (χ1v) is 2.93. The Labute approximate surface area is 86.0 Å². The van der Waals surface area contributed by atoms with Gasteiger partial charge in [0.15, 0.2) is 0 Å². The van der Waals surface area contributed by atoms with E-state index in [0.717, 1.165) is 0 Å². The SMILES string of the molecule is O=C([O-])O.O=P([O-])(O)O.[Li+].[Li+]. The molecule has 0 aliphatic rings. The van der Waals surface area contributed by atoms with Crippen LogP contribution in [0.2, 0.25) is 0 Å². The number of rotatable bonds is 0. The molecule has 0 aromatic rings. The van der Waals surface area contributed by atoms with Gasteiger partial charge in [0.05, 0.1) is 0 Å². The predicted octanol–water partition coefficient (Wildman–Crippen LogP) is -8.66. The van der Waals surface area contributed by atoms with Crippen LogP contribution in [0.15, 0.2) is 0 Å². The van der Waals surface area contributed by atoms with Crippen molar-refractivity contribution in [3.8, 4) is 0 Å². The van der Waals surface area contributed by atoms with E-state index in [4.69, 9.17) is 34.3 Å². The molecule has 0 aromatic heterocycles. The van der Waals surface area contributed by atoms with Gasteiger partial charge in [0, 0.05) is 0 Å². The fraction of sp³-hybridized carbons (Fsp3) is 0. The van der Waals surface area contributed by atoms with Crippen molar-refractivity contribution in [3.05, 3.63) is 0 Å². The minimum atomic E-state index is -4.89. The Kier molecular flexibility index (Phi) is 21.7. The van der Waals surface area contributed by atoms with Gasteiger partial charge in [-0.15, -0.1) is 0 Å². The number of hydrogen-bond donors (Lipinski definition) is 3. The van der Waals surface area contributed by atoms with E-state index in [0.29, 0.717) is 0 Å². The van der Waals surface area contributed by atoms with Gasteiger partial charge in [-0.2, -0.15) is 0 Å². The zero-order chi connectivity index (χ0) is 8.08. The Balaban J connectivity index is -0.0000000383. The number of hydrogen-bond acceptors (Lipinski definition) is 4. The second-order valence-electron chi connectivity index (χ2n) is 0.756. The Hall–Kier alpha value is 0.575. The Morgan fingerprint density at radius 3 is 1.27 bits per heavy atom. The molecule has 0 saturated carbocycles. The summed E-state index contributed by atoms with van der Waals surface area (Å²) in [7, 11) is -4.89. The third kappa shape index (κ3) is 2350. The monoisotopic (exact) mass is 172 g/mol. The summed E-state index contributed by atoms with van der Waals surface area (Å²) in [6.07, 6.45) is -2.08. The molecule has 0 fully saturated rings. The van der Waals surface area contributed by atoms with Gasteiger partial charge in [-0.05, 0) is 0 Å². The average Bonchev–Trinajstić information content (AvgIpc) is 1.19.